The highest BCUT2D eigenvalue weighted by Gasteiger charge is 2.17. The molecule has 0 radical (unpaired) electrons. The predicted octanol–water partition coefficient (Wildman–Crippen LogP) is 4.08. The molecule has 26 heavy (non-hydrogen) atoms. The lowest BCUT2D eigenvalue weighted by atomic mass is 10.1. The van der Waals surface area contributed by atoms with Crippen molar-refractivity contribution in [3.05, 3.63) is 71.8 Å². The van der Waals surface area contributed by atoms with Crippen molar-refractivity contribution in [2.24, 2.45) is 0 Å². The second-order valence-electron chi connectivity index (χ2n) is 6.72. The molecule has 1 heterocycles. The van der Waals surface area contributed by atoms with Crippen molar-refractivity contribution < 1.29 is 9.90 Å². The largest absolute Gasteiger partial charge is 0.507 e. The number of nitrogens with one attached hydrogen (secondary N) is 1. The second kappa shape index (κ2) is 7.08. The SMILES string of the molecule is O=C(NCc1ccccc1N1CCCC1)c1cc2ccccc2cc1O. The molecule has 0 spiro atoms. The van der Waals surface area contributed by atoms with Crippen molar-refractivity contribution in [2.75, 3.05) is 18.0 Å². The fraction of sp³-hybridized carbons (Fsp3) is 0.227. The Morgan fingerprint density at radius 3 is 2.38 bits per heavy atom. The molecule has 0 atom stereocenters. The summed E-state index contributed by atoms with van der Waals surface area (Å²) in [6.45, 7) is 2.57. The Labute approximate surface area is 153 Å². The Morgan fingerprint density at radius 2 is 1.62 bits per heavy atom. The number of benzene rings is 3. The van der Waals surface area contributed by atoms with E-state index in [1.165, 1.54) is 18.5 Å². The highest BCUT2D eigenvalue weighted by molar-refractivity contribution is 6.01. The Balaban J connectivity index is 1.54. The van der Waals surface area contributed by atoms with Crippen molar-refractivity contribution in [3.63, 3.8) is 0 Å². The number of amides is 1. The molecule has 3 aromatic carbocycles. The van der Waals surface area contributed by atoms with E-state index in [1.807, 2.05) is 42.5 Å². The molecule has 132 valence electrons. The highest BCUT2D eigenvalue weighted by Crippen LogP contribution is 2.26. The van der Waals surface area contributed by atoms with Crippen LogP contribution in [0.25, 0.3) is 10.8 Å². The van der Waals surface area contributed by atoms with Crippen LogP contribution in [0.15, 0.2) is 60.7 Å². The van der Waals surface area contributed by atoms with E-state index >= 15 is 0 Å². The summed E-state index contributed by atoms with van der Waals surface area (Å²) in [6.07, 6.45) is 2.43. The molecule has 0 aromatic heterocycles. The molecule has 0 bridgehead atoms. The number of fused-ring (bicyclic) bond motifs is 1. The van der Waals surface area contributed by atoms with Gasteiger partial charge in [0.25, 0.3) is 5.91 Å². The molecule has 1 amide bonds. The maximum atomic E-state index is 12.6. The summed E-state index contributed by atoms with van der Waals surface area (Å²) in [5.74, 6) is -0.251. The molecule has 1 aliphatic rings. The zero-order valence-corrected chi connectivity index (χ0v) is 14.6. The van der Waals surface area contributed by atoms with Crippen molar-refractivity contribution in [1.29, 1.82) is 0 Å². The maximum Gasteiger partial charge on any atom is 0.255 e. The Hall–Kier alpha value is -3.01. The second-order valence-corrected chi connectivity index (χ2v) is 6.72. The first-order valence-electron chi connectivity index (χ1n) is 9.05. The van der Waals surface area contributed by atoms with Crippen LogP contribution in [0.1, 0.15) is 28.8 Å². The van der Waals surface area contributed by atoms with Gasteiger partial charge in [-0.2, -0.15) is 0 Å². The normalized spacial score (nSPS) is 13.9. The summed E-state index contributed by atoms with van der Waals surface area (Å²) >= 11 is 0. The van der Waals surface area contributed by atoms with Crippen LogP contribution in [0.5, 0.6) is 5.75 Å². The summed E-state index contributed by atoms with van der Waals surface area (Å²) < 4.78 is 0. The summed E-state index contributed by atoms with van der Waals surface area (Å²) in [7, 11) is 0. The van der Waals surface area contributed by atoms with E-state index in [0.717, 1.165) is 29.4 Å². The van der Waals surface area contributed by atoms with Crippen LogP contribution in [0.2, 0.25) is 0 Å². The van der Waals surface area contributed by atoms with Gasteiger partial charge in [-0.3, -0.25) is 4.79 Å². The van der Waals surface area contributed by atoms with Gasteiger partial charge in [0.1, 0.15) is 5.75 Å². The van der Waals surface area contributed by atoms with E-state index in [4.69, 9.17) is 0 Å². The van der Waals surface area contributed by atoms with Crippen LogP contribution in [0.3, 0.4) is 0 Å². The first-order chi connectivity index (χ1) is 12.7. The highest BCUT2D eigenvalue weighted by atomic mass is 16.3. The van der Waals surface area contributed by atoms with Gasteiger partial charge in [-0.1, -0.05) is 42.5 Å². The Bertz CT molecular complexity index is 946. The average molecular weight is 346 g/mol. The zero-order valence-electron chi connectivity index (χ0n) is 14.6. The minimum Gasteiger partial charge on any atom is -0.507 e. The number of para-hydroxylation sites is 1. The fourth-order valence-electron chi connectivity index (χ4n) is 3.61. The average Bonchev–Trinajstić information content (AvgIpc) is 3.20. The van der Waals surface area contributed by atoms with Crippen LogP contribution >= 0.6 is 0 Å². The van der Waals surface area contributed by atoms with Crippen molar-refractivity contribution in [1.82, 2.24) is 5.32 Å². The van der Waals surface area contributed by atoms with Crippen LogP contribution in [0.4, 0.5) is 5.69 Å². The van der Waals surface area contributed by atoms with E-state index in [2.05, 4.69) is 16.3 Å². The molecular weight excluding hydrogens is 324 g/mol. The molecule has 4 nitrogen and oxygen atoms in total. The van der Waals surface area contributed by atoms with E-state index in [-0.39, 0.29) is 11.7 Å². The van der Waals surface area contributed by atoms with Gasteiger partial charge in [-0.15, -0.1) is 0 Å². The smallest absolute Gasteiger partial charge is 0.255 e. The molecule has 1 saturated heterocycles. The molecule has 3 aromatic rings. The van der Waals surface area contributed by atoms with Gasteiger partial charge in [-0.05, 0) is 47.4 Å². The van der Waals surface area contributed by atoms with Crippen LogP contribution in [-0.4, -0.2) is 24.1 Å². The third kappa shape index (κ3) is 3.23. The lowest BCUT2D eigenvalue weighted by molar-refractivity contribution is 0.0948. The number of phenols is 1. The number of aromatic hydroxyl groups is 1. The van der Waals surface area contributed by atoms with Gasteiger partial charge in [0.2, 0.25) is 0 Å². The number of phenolic OH excluding ortho intramolecular Hbond substituents is 1. The standard InChI is InChI=1S/C22H22N2O2/c25-21-14-17-8-2-1-7-16(17)13-19(21)22(26)23-15-18-9-3-4-10-20(18)24-11-5-6-12-24/h1-4,7-10,13-14,25H,5-6,11-12,15H2,(H,23,26). The summed E-state index contributed by atoms with van der Waals surface area (Å²) in [5, 5.41) is 15.0. The van der Waals surface area contributed by atoms with Crippen LogP contribution < -0.4 is 10.2 Å². The van der Waals surface area contributed by atoms with Crippen LogP contribution in [0, 0.1) is 0 Å². The monoisotopic (exact) mass is 346 g/mol. The number of hydrogen-bond acceptors (Lipinski definition) is 3. The number of carbonyl (C=O) groups is 1. The van der Waals surface area contributed by atoms with E-state index < -0.39 is 0 Å². The lowest BCUT2D eigenvalue weighted by Crippen LogP contribution is -2.25. The van der Waals surface area contributed by atoms with Gasteiger partial charge < -0.3 is 15.3 Å². The molecular formula is C22H22N2O2. The minimum atomic E-state index is -0.260. The fourth-order valence-corrected chi connectivity index (χ4v) is 3.61. The van der Waals surface area contributed by atoms with E-state index in [0.29, 0.717) is 12.1 Å². The Kier molecular flexibility index (Phi) is 4.48. The van der Waals surface area contributed by atoms with Crippen molar-refractivity contribution in [2.45, 2.75) is 19.4 Å². The topological polar surface area (TPSA) is 52.6 Å². The number of carbonyl (C=O) groups excluding carboxylic acids is 1. The number of nitrogens with zero attached hydrogens (tertiary/aromatic N) is 1. The molecule has 1 fully saturated rings. The van der Waals surface area contributed by atoms with Gasteiger partial charge in [0.15, 0.2) is 0 Å². The zero-order chi connectivity index (χ0) is 17.9. The molecule has 2 N–H and O–H groups in total. The van der Waals surface area contributed by atoms with E-state index in [9.17, 15) is 9.90 Å². The quantitative estimate of drug-likeness (QED) is 0.748. The van der Waals surface area contributed by atoms with Gasteiger partial charge in [-0.25, -0.2) is 0 Å². The van der Waals surface area contributed by atoms with E-state index in [1.54, 1.807) is 12.1 Å². The predicted molar refractivity (Wildman–Crippen MR) is 105 cm³/mol. The molecule has 0 aliphatic carbocycles. The van der Waals surface area contributed by atoms with Gasteiger partial charge in [0.05, 0.1) is 5.56 Å². The summed E-state index contributed by atoms with van der Waals surface area (Å²) in [4.78, 5) is 15.0. The van der Waals surface area contributed by atoms with Gasteiger partial charge in [0, 0.05) is 25.3 Å². The first kappa shape index (κ1) is 16.5. The molecule has 4 heteroatoms. The lowest BCUT2D eigenvalue weighted by Gasteiger charge is -2.21. The maximum absolute atomic E-state index is 12.6. The van der Waals surface area contributed by atoms with Crippen LogP contribution in [-0.2, 0) is 6.54 Å². The summed E-state index contributed by atoms with van der Waals surface area (Å²) in [6, 6.07) is 19.3. The first-order valence-corrected chi connectivity index (χ1v) is 9.05. The minimum absolute atomic E-state index is 0.00836. The number of rotatable bonds is 4. The molecule has 0 unspecified atom stereocenters. The number of anilines is 1. The van der Waals surface area contributed by atoms with Crippen molar-refractivity contribution >= 4 is 22.4 Å². The third-order valence-electron chi connectivity index (χ3n) is 4.99. The number of hydrogen-bond donors (Lipinski definition) is 2. The van der Waals surface area contributed by atoms with Gasteiger partial charge >= 0.3 is 0 Å². The molecule has 4 rings (SSSR count). The third-order valence-corrected chi connectivity index (χ3v) is 4.99. The summed E-state index contributed by atoms with van der Waals surface area (Å²) in [5.41, 5.74) is 2.60. The van der Waals surface area contributed by atoms with Crippen molar-refractivity contribution in [3.8, 4) is 5.75 Å². The molecule has 0 saturated carbocycles. The molecule has 1 aliphatic heterocycles. The Morgan fingerprint density at radius 1 is 0.962 bits per heavy atom.